The van der Waals surface area contributed by atoms with Crippen LogP contribution in [0.15, 0.2) is 119 Å². The predicted molar refractivity (Wildman–Crippen MR) is 157 cm³/mol. The van der Waals surface area contributed by atoms with E-state index in [0.717, 1.165) is 38.9 Å². The Kier molecular flexibility index (Phi) is 8.03. The Morgan fingerprint density at radius 2 is 1.08 bits per heavy atom. The second-order valence-corrected chi connectivity index (χ2v) is 10.3. The van der Waals surface area contributed by atoms with Gasteiger partial charge >= 0.3 is 33.3 Å². The second kappa shape index (κ2) is 11.8. The van der Waals surface area contributed by atoms with Crippen molar-refractivity contribution in [2.24, 2.45) is 17.0 Å². The normalized spacial score (nSPS) is 11.6. The summed E-state index contributed by atoms with van der Waals surface area (Å²) >= 11 is 0.194. The molecule has 184 valence electrons. The van der Waals surface area contributed by atoms with Gasteiger partial charge in [-0.3, -0.25) is 9.98 Å². The summed E-state index contributed by atoms with van der Waals surface area (Å²) < 4.78 is 2.12. The fourth-order valence-corrected chi connectivity index (χ4v) is 4.52. The minimum atomic E-state index is 0.194. The van der Waals surface area contributed by atoms with E-state index in [1.807, 2.05) is 25.5 Å². The summed E-state index contributed by atoms with van der Waals surface area (Å²) in [7, 11) is 11.6. The molecule has 0 saturated heterocycles. The molecular weight excluding hydrogens is 541 g/mol. The minimum absolute atomic E-state index is 0.194. The Morgan fingerprint density at radius 3 is 1.70 bits per heavy atom. The van der Waals surface area contributed by atoms with Crippen LogP contribution in [0.4, 0.5) is 11.4 Å². The molecule has 5 aromatic carbocycles. The molecule has 37 heavy (non-hydrogen) atoms. The number of hydrogen-bond acceptors (Lipinski definition) is 2. The maximum absolute atomic E-state index is 4.98. The van der Waals surface area contributed by atoms with Crippen LogP contribution in [0.1, 0.15) is 11.4 Å². The van der Waals surface area contributed by atoms with Gasteiger partial charge in [0.1, 0.15) is 0 Å². The van der Waals surface area contributed by atoms with Crippen LogP contribution in [0.3, 0.4) is 0 Å². The van der Waals surface area contributed by atoms with Gasteiger partial charge in [0.2, 0.25) is 0 Å². The molecule has 0 atom stereocenters. The molecule has 0 spiro atoms. The summed E-state index contributed by atoms with van der Waals surface area (Å²) in [5, 5.41) is 7.05. The van der Waals surface area contributed by atoms with Gasteiger partial charge in [-0.1, -0.05) is 84.9 Å². The molecule has 0 bridgehead atoms. The van der Waals surface area contributed by atoms with Crippen molar-refractivity contribution in [1.29, 1.82) is 0 Å². The van der Waals surface area contributed by atoms with Gasteiger partial charge in [-0.15, -0.1) is 0 Å². The SMILES string of the molecule is Cn1c(C=Nc2cccc3ccccc23)ccc1C=Nc1c2ccccc2cc2ccccc12.[Cl][Fe][Cl]. The molecule has 0 unspecified atom stereocenters. The van der Waals surface area contributed by atoms with Gasteiger partial charge in [-0.05, 0) is 40.4 Å². The molecule has 0 N–H and O–H groups in total. The zero-order valence-electron chi connectivity index (χ0n) is 20.0. The van der Waals surface area contributed by atoms with Crippen LogP contribution < -0.4 is 0 Å². The van der Waals surface area contributed by atoms with Gasteiger partial charge in [0.25, 0.3) is 0 Å². The van der Waals surface area contributed by atoms with E-state index in [1.54, 1.807) is 0 Å². The number of halogens is 2. The standard InChI is InChI=1S/C31H23N3.2ClH.Fe/c1-34-25(20-32-30-16-8-12-22-9-2-5-13-27(22)30)17-18-26(34)21-33-31-28-14-6-3-10-23(28)19-24-11-4-7-15-29(24)31;;;/h2-21H,1H3;2*1H;/q;;;+2/p-2. The van der Waals surface area contributed by atoms with Gasteiger partial charge in [-0.2, -0.15) is 0 Å². The Bertz CT molecular complexity index is 1700. The number of rotatable bonds is 4. The molecular formula is C31H23Cl2FeN3. The fraction of sp³-hybridized carbons (Fsp3) is 0.0323. The number of benzene rings is 5. The Balaban J connectivity index is 0.000000892. The van der Waals surface area contributed by atoms with E-state index in [2.05, 4.69) is 108 Å². The van der Waals surface area contributed by atoms with Crippen LogP contribution in [0.2, 0.25) is 0 Å². The quantitative estimate of drug-likeness (QED) is 0.116. The average molecular weight is 564 g/mol. The molecule has 6 heteroatoms. The van der Waals surface area contributed by atoms with Crippen LogP contribution in [0.25, 0.3) is 32.3 Å². The number of hydrogen-bond donors (Lipinski definition) is 0. The van der Waals surface area contributed by atoms with Gasteiger partial charge in [-0.25, -0.2) is 0 Å². The fourth-order valence-electron chi connectivity index (χ4n) is 4.52. The van der Waals surface area contributed by atoms with Crippen molar-refractivity contribution < 1.29 is 13.1 Å². The molecule has 0 aliphatic carbocycles. The van der Waals surface area contributed by atoms with Crippen molar-refractivity contribution in [3.05, 3.63) is 121 Å². The van der Waals surface area contributed by atoms with E-state index in [0.29, 0.717) is 0 Å². The average Bonchev–Trinajstić information content (AvgIpc) is 3.29. The zero-order valence-corrected chi connectivity index (χ0v) is 22.6. The van der Waals surface area contributed by atoms with Crippen molar-refractivity contribution >= 4 is 76.3 Å². The molecule has 0 saturated carbocycles. The first-order valence-electron chi connectivity index (χ1n) is 11.7. The maximum atomic E-state index is 4.98. The molecule has 0 amide bonds. The molecule has 0 aliphatic heterocycles. The molecule has 6 rings (SSSR count). The Morgan fingerprint density at radius 1 is 0.595 bits per heavy atom. The van der Waals surface area contributed by atoms with Crippen molar-refractivity contribution in [3.63, 3.8) is 0 Å². The summed E-state index contributed by atoms with van der Waals surface area (Å²) in [6.07, 6.45) is 3.87. The third-order valence-corrected chi connectivity index (χ3v) is 6.37. The molecule has 0 fully saturated rings. The van der Waals surface area contributed by atoms with Crippen molar-refractivity contribution in [1.82, 2.24) is 4.57 Å². The Hall–Kier alpha value is -3.40. The van der Waals surface area contributed by atoms with Gasteiger partial charge in [0.15, 0.2) is 0 Å². The first kappa shape index (κ1) is 25.3. The van der Waals surface area contributed by atoms with Crippen LogP contribution in [-0.2, 0) is 20.2 Å². The van der Waals surface area contributed by atoms with E-state index in [-0.39, 0.29) is 13.1 Å². The van der Waals surface area contributed by atoms with Gasteiger partial charge in [0.05, 0.1) is 35.2 Å². The van der Waals surface area contributed by atoms with Crippen molar-refractivity contribution in [2.75, 3.05) is 0 Å². The Labute approximate surface area is 230 Å². The number of aliphatic imine (C=N–C) groups is 2. The van der Waals surface area contributed by atoms with E-state index >= 15 is 0 Å². The summed E-state index contributed by atoms with van der Waals surface area (Å²) in [5.41, 5.74) is 4.02. The van der Waals surface area contributed by atoms with E-state index in [1.165, 1.54) is 16.2 Å². The van der Waals surface area contributed by atoms with Gasteiger partial charge in [0, 0.05) is 23.2 Å². The molecule has 1 heterocycles. The van der Waals surface area contributed by atoms with E-state index in [4.69, 9.17) is 30.2 Å². The molecule has 1 aromatic heterocycles. The van der Waals surface area contributed by atoms with Crippen LogP contribution in [0.5, 0.6) is 0 Å². The first-order valence-corrected chi connectivity index (χ1v) is 14.7. The monoisotopic (exact) mass is 563 g/mol. The van der Waals surface area contributed by atoms with Crippen molar-refractivity contribution in [2.45, 2.75) is 0 Å². The second-order valence-electron chi connectivity index (χ2n) is 8.47. The molecule has 3 nitrogen and oxygen atoms in total. The first-order chi connectivity index (χ1) is 18.2. The molecule has 6 aromatic rings. The molecule has 0 radical (unpaired) electrons. The molecule has 0 aliphatic rings. The van der Waals surface area contributed by atoms with Crippen molar-refractivity contribution in [3.8, 4) is 0 Å². The topological polar surface area (TPSA) is 29.6 Å². The van der Waals surface area contributed by atoms with E-state index in [9.17, 15) is 0 Å². The van der Waals surface area contributed by atoms with Gasteiger partial charge < -0.3 is 4.57 Å². The van der Waals surface area contributed by atoms with Crippen LogP contribution >= 0.6 is 20.2 Å². The zero-order chi connectivity index (χ0) is 25.6. The van der Waals surface area contributed by atoms with Crippen LogP contribution in [0, 0.1) is 0 Å². The summed E-state index contributed by atoms with van der Waals surface area (Å²) in [5.74, 6) is 0. The number of fused-ring (bicyclic) bond motifs is 3. The number of nitrogens with zero attached hydrogens (tertiary/aromatic N) is 3. The third-order valence-electron chi connectivity index (χ3n) is 6.37. The third kappa shape index (κ3) is 5.48. The number of aromatic nitrogens is 1. The van der Waals surface area contributed by atoms with E-state index < -0.39 is 0 Å². The summed E-state index contributed by atoms with van der Waals surface area (Å²) in [6, 6.07) is 37.8. The summed E-state index contributed by atoms with van der Waals surface area (Å²) in [4.78, 5) is 9.76. The predicted octanol–water partition coefficient (Wildman–Crippen LogP) is 9.36. The van der Waals surface area contributed by atoms with Crippen LogP contribution in [-0.4, -0.2) is 17.0 Å². The summed E-state index contributed by atoms with van der Waals surface area (Å²) in [6.45, 7) is 0.